The van der Waals surface area contributed by atoms with Crippen LogP contribution in [0.25, 0.3) is 0 Å². The van der Waals surface area contributed by atoms with Crippen LogP contribution < -0.4 is 4.74 Å². The Balaban J connectivity index is 1.44. The van der Waals surface area contributed by atoms with Crippen molar-refractivity contribution < 1.29 is 9.13 Å². The molecule has 0 aliphatic heterocycles. The number of aryl methyl sites for hydroxylation is 1. The average Bonchev–Trinajstić information content (AvgIpc) is 2.71. The minimum Gasteiger partial charge on any atom is -0.491 e. The number of benzene rings is 1. The molecule has 0 saturated heterocycles. The van der Waals surface area contributed by atoms with E-state index in [0.29, 0.717) is 6.61 Å². The molecule has 27 heavy (non-hydrogen) atoms. The van der Waals surface area contributed by atoms with Crippen LogP contribution in [0, 0.1) is 29.5 Å². The molecule has 0 radical (unpaired) electrons. The number of ether oxygens (including phenoxy) is 1. The van der Waals surface area contributed by atoms with Gasteiger partial charge in [0, 0.05) is 0 Å². The Morgan fingerprint density at radius 3 is 2.07 bits per heavy atom. The summed E-state index contributed by atoms with van der Waals surface area (Å²) in [4.78, 5) is 0. The lowest BCUT2D eigenvalue weighted by Crippen LogP contribution is -2.25. The van der Waals surface area contributed by atoms with Crippen molar-refractivity contribution >= 4 is 11.6 Å². The summed E-state index contributed by atoms with van der Waals surface area (Å²) in [6.45, 7) is 4.65. The first-order chi connectivity index (χ1) is 13.1. The third-order valence-electron chi connectivity index (χ3n) is 7.28. The van der Waals surface area contributed by atoms with E-state index < -0.39 is 5.82 Å². The van der Waals surface area contributed by atoms with E-state index in [1.54, 1.807) is 6.07 Å². The van der Waals surface area contributed by atoms with Gasteiger partial charge < -0.3 is 4.74 Å². The summed E-state index contributed by atoms with van der Waals surface area (Å²) in [5, 5.41) is 0.252. The van der Waals surface area contributed by atoms with E-state index in [1.165, 1.54) is 57.8 Å². The van der Waals surface area contributed by atoms with Crippen molar-refractivity contribution in [3.8, 4) is 5.75 Å². The lowest BCUT2D eigenvalue weighted by molar-refractivity contribution is 0.142. The van der Waals surface area contributed by atoms with Crippen LogP contribution in [0.15, 0.2) is 12.1 Å². The molecule has 3 rings (SSSR count). The van der Waals surface area contributed by atoms with Gasteiger partial charge in [-0.25, -0.2) is 4.39 Å². The number of hydrogen-bond donors (Lipinski definition) is 0. The summed E-state index contributed by atoms with van der Waals surface area (Å²) < 4.78 is 19.6. The Labute approximate surface area is 170 Å². The molecule has 0 atom stereocenters. The van der Waals surface area contributed by atoms with Gasteiger partial charge in [0.05, 0.1) is 11.6 Å². The minimum atomic E-state index is -0.401. The first-order valence-corrected chi connectivity index (χ1v) is 11.6. The minimum absolute atomic E-state index is 0.252. The lowest BCUT2D eigenvalue weighted by atomic mass is 9.68. The van der Waals surface area contributed by atoms with Crippen LogP contribution >= 0.6 is 11.6 Å². The molecule has 0 bridgehead atoms. The molecule has 1 aromatic rings. The molecule has 2 fully saturated rings. The van der Waals surface area contributed by atoms with Gasteiger partial charge in [-0.1, -0.05) is 56.7 Å². The molecule has 0 spiro atoms. The van der Waals surface area contributed by atoms with Crippen LogP contribution in [0.4, 0.5) is 4.39 Å². The van der Waals surface area contributed by atoms with Gasteiger partial charge in [0.2, 0.25) is 0 Å². The largest absolute Gasteiger partial charge is 0.491 e. The molecule has 152 valence electrons. The van der Waals surface area contributed by atoms with Crippen LogP contribution in [0.5, 0.6) is 5.75 Å². The fourth-order valence-corrected chi connectivity index (χ4v) is 5.66. The topological polar surface area (TPSA) is 9.23 Å². The third-order valence-corrected chi connectivity index (χ3v) is 7.68. The predicted molar refractivity (Wildman–Crippen MR) is 112 cm³/mol. The van der Waals surface area contributed by atoms with Crippen molar-refractivity contribution in [2.45, 2.75) is 84.5 Å². The first-order valence-electron chi connectivity index (χ1n) is 11.2. The van der Waals surface area contributed by atoms with E-state index in [2.05, 4.69) is 6.92 Å². The van der Waals surface area contributed by atoms with Crippen molar-refractivity contribution in [1.29, 1.82) is 0 Å². The quantitative estimate of drug-likeness (QED) is 0.457. The third kappa shape index (κ3) is 5.40. The molecule has 1 aromatic carbocycles. The maximum Gasteiger partial charge on any atom is 0.183 e. The van der Waals surface area contributed by atoms with Gasteiger partial charge in [-0.3, -0.25) is 0 Å². The highest BCUT2D eigenvalue weighted by Gasteiger charge is 2.30. The summed E-state index contributed by atoms with van der Waals surface area (Å²) in [5.41, 5.74) is 0.928. The highest BCUT2D eigenvalue weighted by molar-refractivity contribution is 6.31. The van der Waals surface area contributed by atoms with E-state index in [9.17, 15) is 4.39 Å². The van der Waals surface area contributed by atoms with Crippen LogP contribution in [0.3, 0.4) is 0 Å². The van der Waals surface area contributed by atoms with Crippen LogP contribution in [0.1, 0.15) is 83.6 Å². The van der Waals surface area contributed by atoms with E-state index in [1.807, 2.05) is 13.0 Å². The summed E-state index contributed by atoms with van der Waals surface area (Å²) in [5.74, 6) is 3.59. The molecular formula is C24H36ClFO. The first kappa shape index (κ1) is 21.0. The van der Waals surface area contributed by atoms with Gasteiger partial charge >= 0.3 is 0 Å². The van der Waals surface area contributed by atoms with Crippen LogP contribution in [0.2, 0.25) is 5.02 Å². The lowest BCUT2D eigenvalue weighted by Gasteiger charge is -2.37. The van der Waals surface area contributed by atoms with Crippen LogP contribution in [-0.4, -0.2) is 6.61 Å². The molecule has 2 aliphatic carbocycles. The second-order valence-electron chi connectivity index (χ2n) is 8.79. The van der Waals surface area contributed by atoms with Crippen molar-refractivity contribution in [2.75, 3.05) is 6.61 Å². The zero-order chi connectivity index (χ0) is 19.2. The van der Waals surface area contributed by atoms with E-state index in [0.717, 1.165) is 42.1 Å². The van der Waals surface area contributed by atoms with Crippen molar-refractivity contribution in [1.82, 2.24) is 0 Å². The standard InChI is InChI=1S/C24H36ClFO/c1-3-17-5-10-19(11-6-17)20-12-7-18(8-13-20)9-14-21-15-16-22(27-4-2)24(26)23(21)25/h15-20H,3-14H2,1-2H3. The summed E-state index contributed by atoms with van der Waals surface area (Å²) in [6, 6.07) is 3.66. The highest BCUT2D eigenvalue weighted by atomic mass is 35.5. The molecule has 0 amide bonds. The second kappa shape index (κ2) is 10.1. The summed E-state index contributed by atoms with van der Waals surface area (Å²) in [6.07, 6.45) is 14.7. The van der Waals surface area contributed by atoms with Gasteiger partial charge in [0.25, 0.3) is 0 Å². The van der Waals surface area contributed by atoms with E-state index in [4.69, 9.17) is 16.3 Å². The fraction of sp³-hybridized carbons (Fsp3) is 0.750. The van der Waals surface area contributed by atoms with Gasteiger partial charge in [0.1, 0.15) is 0 Å². The Morgan fingerprint density at radius 2 is 1.52 bits per heavy atom. The SMILES string of the molecule is CCOc1ccc(CCC2CCC(C3CCC(CC)CC3)CC2)c(Cl)c1F. The molecule has 0 heterocycles. The van der Waals surface area contributed by atoms with Gasteiger partial charge in [-0.2, -0.15) is 0 Å². The molecule has 0 N–H and O–H groups in total. The summed E-state index contributed by atoms with van der Waals surface area (Å²) >= 11 is 6.25. The Bertz CT molecular complexity index is 586. The fourth-order valence-electron chi connectivity index (χ4n) is 5.41. The van der Waals surface area contributed by atoms with Gasteiger partial charge in [-0.05, 0) is 80.8 Å². The molecule has 2 aliphatic rings. The average molecular weight is 395 g/mol. The van der Waals surface area contributed by atoms with Crippen molar-refractivity contribution in [2.24, 2.45) is 23.7 Å². The number of halogens is 2. The van der Waals surface area contributed by atoms with E-state index in [-0.39, 0.29) is 10.8 Å². The number of hydrogen-bond acceptors (Lipinski definition) is 1. The molecule has 0 aromatic heterocycles. The van der Waals surface area contributed by atoms with Crippen molar-refractivity contribution in [3.63, 3.8) is 0 Å². The van der Waals surface area contributed by atoms with E-state index >= 15 is 0 Å². The Hall–Kier alpha value is -0.760. The number of rotatable bonds is 7. The second-order valence-corrected chi connectivity index (χ2v) is 9.17. The molecule has 0 unspecified atom stereocenters. The van der Waals surface area contributed by atoms with Gasteiger partial charge in [-0.15, -0.1) is 0 Å². The molecular weight excluding hydrogens is 359 g/mol. The normalized spacial score (nSPS) is 28.9. The van der Waals surface area contributed by atoms with Gasteiger partial charge in [0.15, 0.2) is 11.6 Å². The van der Waals surface area contributed by atoms with Crippen LogP contribution in [-0.2, 0) is 6.42 Å². The zero-order valence-corrected chi connectivity index (χ0v) is 17.9. The molecule has 3 heteroatoms. The van der Waals surface area contributed by atoms with Crippen molar-refractivity contribution in [3.05, 3.63) is 28.5 Å². The summed E-state index contributed by atoms with van der Waals surface area (Å²) in [7, 11) is 0. The maximum absolute atomic E-state index is 14.3. The zero-order valence-electron chi connectivity index (χ0n) is 17.1. The Morgan fingerprint density at radius 1 is 0.926 bits per heavy atom. The molecule has 2 saturated carbocycles. The Kier molecular flexibility index (Phi) is 7.87. The monoisotopic (exact) mass is 394 g/mol. The highest BCUT2D eigenvalue weighted by Crippen LogP contribution is 2.43. The molecule has 1 nitrogen and oxygen atoms in total. The smallest absolute Gasteiger partial charge is 0.183 e. The maximum atomic E-state index is 14.3. The predicted octanol–water partition coefficient (Wildman–Crippen LogP) is 7.83.